The Morgan fingerprint density at radius 1 is 1.07 bits per heavy atom. The molecule has 1 saturated heterocycles. The number of hydrogen-bond donors (Lipinski definition) is 2. The van der Waals surface area contributed by atoms with Crippen LogP contribution >= 0.6 is 0 Å². The van der Waals surface area contributed by atoms with Crippen LogP contribution in [0.4, 0.5) is 11.4 Å². The molecule has 6 nitrogen and oxygen atoms in total. The van der Waals surface area contributed by atoms with E-state index in [-0.39, 0.29) is 11.3 Å². The molecule has 2 aromatic rings. The minimum Gasteiger partial charge on any atom is -0.507 e. The summed E-state index contributed by atoms with van der Waals surface area (Å²) in [6.07, 6.45) is 1.42. The highest BCUT2D eigenvalue weighted by atomic mass is 16.3. The summed E-state index contributed by atoms with van der Waals surface area (Å²) in [4.78, 5) is 27.1. The first-order chi connectivity index (χ1) is 12.9. The van der Waals surface area contributed by atoms with Gasteiger partial charge < -0.3 is 10.0 Å². The number of phenols is 1. The molecule has 2 amide bonds. The second kappa shape index (κ2) is 7.53. The molecule has 1 aliphatic heterocycles. The lowest BCUT2D eigenvalue weighted by atomic mass is 10.1. The molecule has 1 heterocycles. The molecule has 0 aliphatic carbocycles. The Kier molecular flexibility index (Phi) is 5.16. The van der Waals surface area contributed by atoms with Gasteiger partial charge in [0, 0.05) is 30.4 Å². The molecule has 0 bridgehead atoms. The summed E-state index contributed by atoms with van der Waals surface area (Å²) < 4.78 is 0. The predicted molar refractivity (Wildman–Crippen MR) is 106 cm³/mol. The Balaban J connectivity index is 1.89. The summed E-state index contributed by atoms with van der Waals surface area (Å²) in [6, 6.07) is 12.5. The van der Waals surface area contributed by atoms with Crippen LogP contribution in [0.15, 0.2) is 48.0 Å². The molecule has 0 radical (unpaired) electrons. The molecule has 3 rings (SSSR count). The largest absolute Gasteiger partial charge is 0.507 e. The Morgan fingerprint density at radius 3 is 2.33 bits per heavy atom. The number of hydrogen-bond acceptors (Lipinski definition) is 4. The van der Waals surface area contributed by atoms with Crippen LogP contribution in [-0.2, 0) is 9.59 Å². The van der Waals surface area contributed by atoms with Crippen molar-refractivity contribution in [3.8, 4) is 5.75 Å². The summed E-state index contributed by atoms with van der Waals surface area (Å²) in [6.45, 7) is 7.67. The van der Waals surface area contributed by atoms with Crippen LogP contribution in [0.5, 0.6) is 5.75 Å². The lowest BCUT2D eigenvalue weighted by molar-refractivity contribution is -0.117. The zero-order valence-corrected chi connectivity index (χ0v) is 15.7. The third-order valence-electron chi connectivity index (χ3n) is 4.63. The quantitative estimate of drug-likeness (QED) is 0.631. The molecule has 0 atom stereocenters. The minimum absolute atomic E-state index is 0.0125. The van der Waals surface area contributed by atoms with Gasteiger partial charge in [0.25, 0.3) is 11.8 Å². The van der Waals surface area contributed by atoms with Crippen molar-refractivity contribution in [3.05, 3.63) is 59.2 Å². The topological polar surface area (TPSA) is 72.9 Å². The van der Waals surface area contributed by atoms with E-state index in [1.54, 1.807) is 24.3 Å². The zero-order chi connectivity index (χ0) is 19.6. The van der Waals surface area contributed by atoms with E-state index in [1.165, 1.54) is 11.1 Å². The van der Waals surface area contributed by atoms with E-state index >= 15 is 0 Å². The third-order valence-corrected chi connectivity index (χ3v) is 4.63. The van der Waals surface area contributed by atoms with Crippen LogP contribution in [0.2, 0.25) is 0 Å². The SMILES string of the molecule is CCN(CC)c1ccc(/C=C2\C(=O)NN(c3ccc(C)cc3)C2=O)c(O)c1. The van der Waals surface area contributed by atoms with E-state index in [1.807, 2.05) is 39.0 Å². The number of benzene rings is 2. The summed E-state index contributed by atoms with van der Waals surface area (Å²) in [7, 11) is 0. The third kappa shape index (κ3) is 3.65. The van der Waals surface area contributed by atoms with Gasteiger partial charge in [-0.1, -0.05) is 17.7 Å². The van der Waals surface area contributed by atoms with Crippen molar-refractivity contribution in [1.29, 1.82) is 0 Å². The number of phenolic OH excluding ortho intramolecular Hbond substituents is 1. The number of rotatable bonds is 5. The molecule has 1 aliphatic rings. The highest BCUT2D eigenvalue weighted by Gasteiger charge is 2.34. The van der Waals surface area contributed by atoms with Gasteiger partial charge in [-0.3, -0.25) is 15.0 Å². The lowest BCUT2D eigenvalue weighted by Gasteiger charge is -2.21. The minimum atomic E-state index is -0.493. The van der Waals surface area contributed by atoms with Gasteiger partial charge in [0.2, 0.25) is 0 Å². The number of aromatic hydroxyl groups is 1. The van der Waals surface area contributed by atoms with Crippen LogP contribution in [0.1, 0.15) is 25.0 Å². The lowest BCUT2D eigenvalue weighted by Crippen LogP contribution is -2.35. The summed E-state index contributed by atoms with van der Waals surface area (Å²) >= 11 is 0. The van der Waals surface area contributed by atoms with E-state index in [0.717, 1.165) is 24.3 Å². The van der Waals surface area contributed by atoms with Gasteiger partial charge in [-0.2, -0.15) is 0 Å². The number of amides is 2. The Hall–Kier alpha value is -3.28. The maximum absolute atomic E-state index is 12.7. The molecule has 2 aromatic carbocycles. The maximum atomic E-state index is 12.7. The van der Waals surface area contributed by atoms with Crippen LogP contribution in [0.25, 0.3) is 6.08 Å². The number of nitrogens with one attached hydrogen (secondary N) is 1. The molecule has 140 valence electrons. The molecule has 0 saturated carbocycles. The van der Waals surface area contributed by atoms with Crippen LogP contribution in [0.3, 0.4) is 0 Å². The monoisotopic (exact) mass is 365 g/mol. The molecule has 1 fully saturated rings. The summed E-state index contributed by atoms with van der Waals surface area (Å²) in [5.74, 6) is -0.912. The van der Waals surface area contributed by atoms with Gasteiger partial charge in [-0.25, -0.2) is 5.01 Å². The van der Waals surface area contributed by atoms with E-state index in [2.05, 4.69) is 10.3 Å². The highest BCUT2D eigenvalue weighted by molar-refractivity contribution is 6.31. The van der Waals surface area contributed by atoms with Crippen LogP contribution in [0, 0.1) is 6.92 Å². The first kappa shape index (κ1) is 18.5. The predicted octanol–water partition coefficient (Wildman–Crippen LogP) is 3.01. The second-order valence-electron chi connectivity index (χ2n) is 6.39. The summed E-state index contributed by atoms with van der Waals surface area (Å²) in [5.41, 5.74) is 5.52. The van der Waals surface area contributed by atoms with Crippen molar-refractivity contribution < 1.29 is 14.7 Å². The number of anilines is 2. The van der Waals surface area contributed by atoms with Crippen molar-refractivity contribution in [2.24, 2.45) is 0 Å². The number of carbonyl (C=O) groups is 2. The number of hydrazine groups is 1. The molecular weight excluding hydrogens is 342 g/mol. The molecule has 0 unspecified atom stereocenters. The smallest absolute Gasteiger partial charge is 0.282 e. The average molecular weight is 365 g/mol. The van der Waals surface area contributed by atoms with Gasteiger partial charge in [0.05, 0.1) is 5.69 Å². The van der Waals surface area contributed by atoms with Gasteiger partial charge in [0.15, 0.2) is 0 Å². The van der Waals surface area contributed by atoms with E-state index < -0.39 is 11.8 Å². The average Bonchev–Trinajstić information content (AvgIpc) is 2.93. The van der Waals surface area contributed by atoms with Crippen molar-refractivity contribution in [2.75, 3.05) is 23.0 Å². The van der Waals surface area contributed by atoms with E-state index in [0.29, 0.717) is 11.3 Å². The van der Waals surface area contributed by atoms with E-state index in [4.69, 9.17) is 0 Å². The fourth-order valence-electron chi connectivity index (χ4n) is 3.03. The molecule has 0 spiro atoms. The van der Waals surface area contributed by atoms with Crippen molar-refractivity contribution in [2.45, 2.75) is 20.8 Å². The van der Waals surface area contributed by atoms with Crippen LogP contribution < -0.4 is 15.3 Å². The molecule has 6 heteroatoms. The normalized spacial score (nSPS) is 15.4. The van der Waals surface area contributed by atoms with Crippen molar-refractivity contribution >= 4 is 29.3 Å². The van der Waals surface area contributed by atoms with Gasteiger partial charge in [-0.15, -0.1) is 0 Å². The first-order valence-electron chi connectivity index (χ1n) is 8.96. The maximum Gasteiger partial charge on any atom is 0.282 e. The molecule has 27 heavy (non-hydrogen) atoms. The number of carbonyl (C=O) groups excluding carboxylic acids is 2. The van der Waals surface area contributed by atoms with Crippen molar-refractivity contribution in [1.82, 2.24) is 5.43 Å². The van der Waals surface area contributed by atoms with Gasteiger partial charge in [-0.05, 0) is 51.1 Å². The Labute approximate surface area is 158 Å². The fraction of sp³-hybridized carbons (Fsp3) is 0.238. The van der Waals surface area contributed by atoms with E-state index in [9.17, 15) is 14.7 Å². The zero-order valence-electron chi connectivity index (χ0n) is 15.7. The Morgan fingerprint density at radius 2 is 1.74 bits per heavy atom. The fourth-order valence-corrected chi connectivity index (χ4v) is 3.03. The van der Waals surface area contributed by atoms with Gasteiger partial charge >= 0.3 is 0 Å². The van der Waals surface area contributed by atoms with Crippen molar-refractivity contribution in [3.63, 3.8) is 0 Å². The highest BCUT2D eigenvalue weighted by Crippen LogP contribution is 2.28. The second-order valence-corrected chi connectivity index (χ2v) is 6.39. The van der Waals surface area contributed by atoms with Crippen LogP contribution in [-0.4, -0.2) is 30.0 Å². The molecular formula is C21H23N3O3. The standard InChI is InChI=1S/C21H23N3O3/c1-4-23(5-2)17-11-8-15(19(25)13-17)12-18-20(26)22-24(21(18)27)16-9-6-14(3)7-10-16/h6-13,25H,4-5H2,1-3H3,(H,22,26)/b18-12+. The Bertz CT molecular complexity index is 899. The summed E-state index contributed by atoms with van der Waals surface area (Å²) in [5, 5.41) is 11.6. The molecule has 2 N–H and O–H groups in total. The number of aryl methyl sites for hydroxylation is 1. The molecule has 0 aromatic heterocycles. The number of nitrogens with zero attached hydrogens (tertiary/aromatic N) is 2. The van der Waals surface area contributed by atoms with Gasteiger partial charge in [0.1, 0.15) is 11.3 Å². The first-order valence-corrected chi connectivity index (χ1v) is 8.96.